The zero-order valence-corrected chi connectivity index (χ0v) is 18.0. The van der Waals surface area contributed by atoms with Crippen molar-refractivity contribution in [2.45, 2.75) is 13.8 Å². The lowest BCUT2D eigenvalue weighted by Gasteiger charge is -2.09. The molecule has 0 saturated carbocycles. The fraction of sp³-hybridized carbons (Fsp3) is 0.217. The zero-order chi connectivity index (χ0) is 21.9. The quantitative estimate of drug-likeness (QED) is 0.453. The molecule has 0 spiro atoms. The Kier molecular flexibility index (Phi) is 4.18. The van der Waals surface area contributed by atoms with Crippen LogP contribution < -0.4 is 10.4 Å². The molecule has 5 aromatic rings. The van der Waals surface area contributed by atoms with Gasteiger partial charge in [0.2, 0.25) is 5.88 Å². The Morgan fingerprint density at radius 3 is 2.39 bits per heavy atom. The lowest BCUT2D eigenvalue weighted by molar-refractivity contribution is 0.398. The van der Waals surface area contributed by atoms with E-state index in [1.165, 1.54) is 0 Å². The molecule has 0 fully saturated rings. The van der Waals surface area contributed by atoms with Crippen LogP contribution in [0.1, 0.15) is 11.4 Å². The molecule has 5 rings (SSSR count). The van der Waals surface area contributed by atoms with Gasteiger partial charge in [0, 0.05) is 37.3 Å². The number of aryl methyl sites for hydroxylation is 3. The van der Waals surface area contributed by atoms with Gasteiger partial charge in [-0.15, -0.1) is 0 Å². The summed E-state index contributed by atoms with van der Waals surface area (Å²) in [6, 6.07) is 9.84. The van der Waals surface area contributed by atoms with Crippen molar-refractivity contribution in [2.24, 2.45) is 14.1 Å². The van der Waals surface area contributed by atoms with Crippen LogP contribution in [0.4, 0.5) is 0 Å². The summed E-state index contributed by atoms with van der Waals surface area (Å²) in [7, 11) is 5.25. The molecule has 0 aliphatic heterocycles. The van der Waals surface area contributed by atoms with E-state index < -0.39 is 0 Å². The minimum absolute atomic E-state index is 0.125. The molecular weight excluding hydrogens is 392 g/mol. The number of fused-ring (bicyclic) bond motifs is 3. The third-order valence-electron chi connectivity index (χ3n) is 5.86. The standard InChI is InChI=1S/C23H22N6O2/c1-13-21(14(2)28(4)26-13)29-22-17-10-15(16-7-9-20(31-5)25-11-16)6-8-18(17)24-12-19(22)27(3)23(29)30/h6-12H,1-5H3. The second kappa shape index (κ2) is 6.80. The Bertz CT molecular complexity index is 1520. The van der Waals surface area contributed by atoms with Gasteiger partial charge >= 0.3 is 5.69 Å². The van der Waals surface area contributed by atoms with Crippen LogP contribution in [0.15, 0.2) is 47.5 Å². The molecule has 1 aromatic carbocycles. The predicted octanol–water partition coefficient (Wildman–Crippen LogP) is 3.30. The van der Waals surface area contributed by atoms with Crippen molar-refractivity contribution >= 4 is 21.9 Å². The third kappa shape index (κ3) is 2.75. The van der Waals surface area contributed by atoms with E-state index in [1.54, 1.807) is 40.4 Å². The summed E-state index contributed by atoms with van der Waals surface area (Å²) in [5.41, 5.74) is 6.75. The SMILES string of the molecule is COc1ccc(-c2ccc3ncc4c(c3c2)n(-c2c(C)nn(C)c2C)c(=O)n4C)cn1. The molecule has 8 nitrogen and oxygen atoms in total. The van der Waals surface area contributed by atoms with Gasteiger partial charge < -0.3 is 4.74 Å². The first kappa shape index (κ1) is 19.0. The highest BCUT2D eigenvalue weighted by molar-refractivity contribution is 6.04. The van der Waals surface area contributed by atoms with Gasteiger partial charge in [0.25, 0.3) is 0 Å². The van der Waals surface area contributed by atoms with E-state index in [0.717, 1.165) is 50.1 Å². The summed E-state index contributed by atoms with van der Waals surface area (Å²) in [6.45, 7) is 3.89. The number of hydrogen-bond acceptors (Lipinski definition) is 5. The van der Waals surface area contributed by atoms with E-state index in [9.17, 15) is 4.79 Å². The molecule has 8 heteroatoms. The van der Waals surface area contributed by atoms with E-state index in [-0.39, 0.29) is 5.69 Å². The molecule has 0 bridgehead atoms. The van der Waals surface area contributed by atoms with Crippen molar-refractivity contribution in [3.8, 4) is 22.7 Å². The Balaban J connectivity index is 1.86. The second-order valence-electron chi connectivity index (χ2n) is 7.63. The molecule has 0 radical (unpaired) electrons. The number of benzene rings is 1. The van der Waals surface area contributed by atoms with Gasteiger partial charge in [-0.3, -0.25) is 18.8 Å². The highest BCUT2D eigenvalue weighted by Gasteiger charge is 2.21. The molecule has 156 valence electrons. The van der Waals surface area contributed by atoms with Gasteiger partial charge in [0.1, 0.15) is 0 Å². The maximum Gasteiger partial charge on any atom is 0.333 e. The Labute approximate surface area is 178 Å². The van der Waals surface area contributed by atoms with Crippen molar-refractivity contribution in [3.05, 3.63) is 64.6 Å². The van der Waals surface area contributed by atoms with Gasteiger partial charge in [-0.05, 0) is 37.6 Å². The first-order chi connectivity index (χ1) is 14.9. The smallest absolute Gasteiger partial charge is 0.333 e. The van der Waals surface area contributed by atoms with Crippen LogP contribution in [0.5, 0.6) is 5.88 Å². The van der Waals surface area contributed by atoms with Gasteiger partial charge in [0.15, 0.2) is 0 Å². The Morgan fingerprint density at radius 1 is 0.968 bits per heavy atom. The molecule has 0 N–H and O–H groups in total. The fourth-order valence-corrected chi connectivity index (χ4v) is 4.14. The highest BCUT2D eigenvalue weighted by Crippen LogP contribution is 2.31. The summed E-state index contributed by atoms with van der Waals surface area (Å²) in [5.74, 6) is 0.563. The number of ether oxygens (including phenoxy) is 1. The number of aromatic nitrogens is 6. The topological polar surface area (TPSA) is 79.8 Å². The molecule has 0 saturated heterocycles. The summed E-state index contributed by atoms with van der Waals surface area (Å²) < 4.78 is 10.4. The lowest BCUT2D eigenvalue weighted by Crippen LogP contribution is -2.21. The van der Waals surface area contributed by atoms with Crippen molar-refractivity contribution in [2.75, 3.05) is 7.11 Å². The maximum atomic E-state index is 13.3. The third-order valence-corrected chi connectivity index (χ3v) is 5.86. The van der Waals surface area contributed by atoms with Gasteiger partial charge in [-0.25, -0.2) is 9.78 Å². The van der Waals surface area contributed by atoms with Gasteiger partial charge in [-0.2, -0.15) is 5.10 Å². The molecule has 0 aliphatic carbocycles. The number of rotatable bonds is 3. The number of pyridine rings is 2. The summed E-state index contributed by atoms with van der Waals surface area (Å²) >= 11 is 0. The van der Waals surface area contributed by atoms with Crippen molar-refractivity contribution in [3.63, 3.8) is 0 Å². The normalized spacial score (nSPS) is 11.5. The summed E-state index contributed by atoms with van der Waals surface area (Å²) in [6.07, 6.45) is 3.53. The summed E-state index contributed by atoms with van der Waals surface area (Å²) in [4.78, 5) is 22.2. The molecule has 0 atom stereocenters. The van der Waals surface area contributed by atoms with Crippen LogP contribution in [0.3, 0.4) is 0 Å². The summed E-state index contributed by atoms with van der Waals surface area (Å²) in [5, 5.41) is 5.41. The van der Waals surface area contributed by atoms with Crippen LogP contribution >= 0.6 is 0 Å². The number of methoxy groups -OCH3 is 1. The molecule has 4 heterocycles. The van der Waals surface area contributed by atoms with Crippen LogP contribution in [-0.2, 0) is 14.1 Å². The first-order valence-electron chi connectivity index (χ1n) is 9.92. The minimum atomic E-state index is -0.125. The average molecular weight is 414 g/mol. The average Bonchev–Trinajstić information content (AvgIpc) is 3.19. The van der Waals surface area contributed by atoms with E-state index in [2.05, 4.69) is 21.1 Å². The molecule has 0 unspecified atom stereocenters. The van der Waals surface area contributed by atoms with Crippen LogP contribution in [0, 0.1) is 13.8 Å². The van der Waals surface area contributed by atoms with Crippen LogP contribution in [-0.4, -0.2) is 36.0 Å². The highest BCUT2D eigenvalue weighted by atomic mass is 16.5. The first-order valence-corrected chi connectivity index (χ1v) is 9.92. The number of hydrogen-bond donors (Lipinski definition) is 0. The second-order valence-corrected chi connectivity index (χ2v) is 7.63. The van der Waals surface area contributed by atoms with Gasteiger partial charge in [-0.1, -0.05) is 6.07 Å². The Hall–Kier alpha value is -3.94. The fourth-order valence-electron chi connectivity index (χ4n) is 4.14. The largest absolute Gasteiger partial charge is 0.481 e. The van der Waals surface area contributed by atoms with Crippen molar-refractivity contribution in [1.82, 2.24) is 28.9 Å². The van der Waals surface area contributed by atoms with E-state index in [0.29, 0.717) is 5.88 Å². The molecule has 0 aliphatic rings. The molecule has 0 amide bonds. The van der Waals surface area contributed by atoms with E-state index in [4.69, 9.17) is 4.74 Å². The Morgan fingerprint density at radius 2 is 1.74 bits per heavy atom. The van der Waals surface area contributed by atoms with E-state index >= 15 is 0 Å². The maximum absolute atomic E-state index is 13.3. The molecule has 31 heavy (non-hydrogen) atoms. The van der Waals surface area contributed by atoms with E-state index in [1.807, 2.05) is 45.2 Å². The number of imidazole rings is 1. The van der Waals surface area contributed by atoms with Crippen molar-refractivity contribution < 1.29 is 4.74 Å². The van der Waals surface area contributed by atoms with Gasteiger partial charge in [0.05, 0.1) is 46.9 Å². The van der Waals surface area contributed by atoms with Crippen LogP contribution in [0.2, 0.25) is 0 Å². The molecular formula is C23H22N6O2. The zero-order valence-electron chi connectivity index (χ0n) is 18.0. The predicted molar refractivity (Wildman–Crippen MR) is 120 cm³/mol. The minimum Gasteiger partial charge on any atom is -0.481 e. The van der Waals surface area contributed by atoms with Crippen molar-refractivity contribution in [1.29, 1.82) is 0 Å². The van der Waals surface area contributed by atoms with Crippen LogP contribution in [0.25, 0.3) is 38.8 Å². The molecule has 4 aromatic heterocycles. The lowest BCUT2D eigenvalue weighted by atomic mass is 10.0. The number of nitrogens with zero attached hydrogens (tertiary/aromatic N) is 6. The monoisotopic (exact) mass is 414 g/mol.